The number of aliphatic carboxylic acids is 1. The first kappa shape index (κ1) is 31.4. The molecule has 2 rings (SSSR count). The van der Waals surface area contributed by atoms with Gasteiger partial charge in [-0.1, -0.05) is 50.6 Å². The summed E-state index contributed by atoms with van der Waals surface area (Å²) in [5, 5.41) is 17.6. The number of rotatable bonds is 17. The third-order valence-corrected chi connectivity index (χ3v) is 6.65. The molecule has 0 spiro atoms. The second-order valence-corrected chi connectivity index (χ2v) is 9.69. The molecule has 5 atom stereocenters. The Labute approximate surface area is 228 Å². The topological polar surface area (TPSA) is 205 Å². The molecule has 0 aliphatic rings. The highest BCUT2D eigenvalue weighted by Crippen LogP contribution is 2.09. The van der Waals surface area contributed by atoms with Crippen LogP contribution in [0.2, 0.25) is 0 Å². The molecular weight excluding hydrogens is 502 g/mol. The Morgan fingerprint density at radius 2 is 1.56 bits per heavy atom. The molecule has 214 valence electrons. The largest absolute Gasteiger partial charge is 0.480 e. The summed E-state index contributed by atoms with van der Waals surface area (Å²) in [5.41, 5.74) is 13.0. The van der Waals surface area contributed by atoms with Crippen LogP contribution in [0.4, 0.5) is 0 Å². The molecule has 39 heavy (non-hydrogen) atoms. The maximum Gasteiger partial charge on any atom is 0.326 e. The van der Waals surface area contributed by atoms with Crippen LogP contribution in [0.5, 0.6) is 0 Å². The number of carboxylic acid groups (broad SMARTS) is 1. The van der Waals surface area contributed by atoms with Gasteiger partial charge in [0.15, 0.2) is 0 Å². The monoisotopic (exact) mass is 543 g/mol. The molecule has 0 saturated carbocycles. The van der Waals surface area contributed by atoms with Crippen LogP contribution in [0.15, 0.2) is 42.9 Å². The molecule has 0 bridgehead atoms. The molecule has 3 amide bonds. The van der Waals surface area contributed by atoms with Gasteiger partial charge in [-0.3, -0.25) is 14.4 Å². The zero-order valence-corrected chi connectivity index (χ0v) is 22.6. The van der Waals surface area contributed by atoms with Crippen molar-refractivity contribution in [1.82, 2.24) is 25.9 Å². The molecule has 0 fully saturated rings. The first-order valence-electron chi connectivity index (χ1n) is 13.3. The van der Waals surface area contributed by atoms with Crippen LogP contribution in [0.3, 0.4) is 0 Å². The van der Waals surface area contributed by atoms with Crippen molar-refractivity contribution >= 4 is 23.7 Å². The van der Waals surface area contributed by atoms with E-state index in [0.717, 1.165) is 5.56 Å². The molecule has 1 aromatic heterocycles. The van der Waals surface area contributed by atoms with E-state index in [-0.39, 0.29) is 25.2 Å². The van der Waals surface area contributed by atoms with E-state index in [9.17, 15) is 24.3 Å². The summed E-state index contributed by atoms with van der Waals surface area (Å²) in [7, 11) is 0. The van der Waals surface area contributed by atoms with E-state index >= 15 is 0 Å². The Bertz CT molecular complexity index is 1050. The van der Waals surface area contributed by atoms with Gasteiger partial charge in [0.05, 0.1) is 12.4 Å². The van der Waals surface area contributed by atoms with Gasteiger partial charge in [-0.15, -0.1) is 0 Å². The highest BCUT2D eigenvalue weighted by atomic mass is 16.4. The standard InChI is InChI=1S/C27H41N7O5/c1-3-17(2)23(29)26(37)34-22(14-19-15-30-16-31-19)25(36)33-21(13-18-9-5-4-6-10-18)24(35)32-20(27(38)39)11-7-8-12-28/h4-6,9-10,15-17,20-23H,3,7-8,11-14,28-29H2,1-2H3,(H,30,31)(H,32,35)(H,33,36)(H,34,37)(H,38,39). The number of carbonyl (C=O) groups is 4. The number of benzene rings is 1. The number of nitrogens with two attached hydrogens (primary N) is 2. The van der Waals surface area contributed by atoms with E-state index in [1.807, 2.05) is 19.9 Å². The average Bonchev–Trinajstić information content (AvgIpc) is 3.44. The fraction of sp³-hybridized carbons (Fsp3) is 0.519. The van der Waals surface area contributed by atoms with Gasteiger partial charge in [-0.25, -0.2) is 9.78 Å². The number of hydrogen-bond acceptors (Lipinski definition) is 7. The van der Waals surface area contributed by atoms with E-state index in [2.05, 4.69) is 25.9 Å². The molecule has 12 nitrogen and oxygen atoms in total. The maximum absolute atomic E-state index is 13.5. The van der Waals surface area contributed by atoms with Crippen molar-refractivity contribution in [1.29, 1.82) is 0 Å². The number of aromatic nitrogens is 2. The van der Waals surface area contributed by atoms with Gasteiger partial charge in [0.2, 0.25) is 17.7 Å². The van der Waals surface area contributed by atoms with Crippen molar-refractivity contribution in [3.8, 4) is 0 Å². The van der Waals surface area contributed by atoms with E-state index in [1.54, 1.807) is 24.3 Å². The van der Waals surface area contributed by atoms with Crippen LogP contribution in [-0.4, -0.2) is 69.5 Å². The number of nitrogens with one attached hydrogen (secondary N) is 4. The number of hydrogen-bond donors (Lipinski definition) is 7. The maximum atomic E-state index is 13.5. The molecule has 5 unspecified atom stereocenters. The third kappa shape index (κ3) is 10.5. The number of imidazole rings is 1. The second-order valence-electron chi connectivity index (χ2n) is 9.69. The molecule has 0 radical (unpaired) electrons. The van der Waals surface area contributed by atoms with Crippen molar-refractivity contribution in [2.45, 2.75) is 76.5 Å². The second kappa shape index (κ2) is 16.2. The lowest BCUT2D eigenvalue weighted by molar-refractivity contribution is -0.142. The number of carbonyl (C=O) groups excluding carboxylic acids is 3. The average molecular weight is 544 g/mol. The highest BCUT2D eigenvalue weighted by Gasteiger charge is 2.31. The van der Waals surface area contributed by atoms with E-state index in [1.165, 1.54) is 12.5 Å². The number of amides is 3. The molecule has 2 aromatic rings. The lowest BCUT2D eigenvalue weighted by Gasteiger charge is -2.26. The van der Waals surface area contributed by atoms with E-state index in [4.69, 9.17) is 11.5 Å². The minimum absolute atomic E-state index is 0.0846. The Kier molecular flexibility index (Phi) is 13.1. The van der Waals surface area contributed by atoms with Gasteiger partial charge >= 0.3 is 5.97 Å². The number of unbranched alkanes of at least 4 members (excludes halogenated alkanes) is 1. The summed E-state index contributed by atoms with van der Waals surface area (Å²) < 4.78 is 0. The Morgan fingerprint density at radius 3 is 2.13 bits per heavy atom. The van der Waals surface area contributed by atoms with Crippen LogP contribution in [0, 0.1) is 5.92 Å². The minimum Gasteiger partial charge on any atom is -0.480 e. The zero-order valence-electron chi connectivity index (χ0n) is 22.6. The summed E-state index contributed by atoms with van der Waals surface area (Å²) in [6, 6.07) is 4.93. The number of nitrogens with zero attached hydrogens (tertiary/aromatic N) is 1. The van der Waals surface area contributed by atoms with Crippen LogP contribution >= 0.6 is 0 Å². The van der Waals surface area contributed by atoms with E-state index < -0.39 is 47.9 Å². The Hall–Kier alpha value is -3.77. The van der Waals surface area contributed by atoms with Crippen LogP contribution in [0.1, 0.15) is 50.8 Å². The van der Waals surface area contributed by atoms with Gasteiger partial charge in [0, 0.05) is 24.7 Å². The molecule has 1 aromatic carbocycles. The molecule has 0 aliphatic heterocycles. The predicted octanol–water partition coefficient (Wildman–Crippen LogP) is 0.236. The van der Waals surface area contributed by atoms with Crippen LogP contribution < -0.4 is 27.4 Å². The first-order valence-corrected chi connectivity index (χ1v) is 13.3. The lowest BCUT2D eigenvalue weighted by atomic mass is 9.98. The third-order valence-electron chi connectivity index (χ3n) is 6.65. The van der Waals surface area contributed by atoms with E-state index in [0.29, 0.717) is 31.5 Å². The normalized spacial score (nSPS) is 14.9. The van der Waals surface area contributed by atoms with Crippen molar-refractivity contribution in [3.05, 3.63) is 54.1 Å². The summed E-state index contributed by atoms with van der Waals surface area (Å²) >= 11 is 0. The van der Waals surface area contributed by atoms with Crippen LogP contribution in [0.25, 0.3) is 0 Å². The first-order chi connectivity index (χ1) is 18.7. The fourth-order valence-electron chi connectivity index (χ4n) is 3.96. The molecular formula is C27H41N7O5. The molecule has 0 aliphatic carbocycles. The smallest absolute Gasteiger partial charge is 0.326 e. The number of H-pyrrole nitrogens is 1. The lowest BCUT2D eigenvalue weighted by Crippen LogP contribution is -2.58. The number of aromatic amines is 1. The predicted molar refractivity (Wildman–Crippen MR) is 146 cm³/mol. The van der Waals surface area contributed by atoms with Gasteiger partial charge in [0.25, 0.3) is 0 Å². The summed E-state index contributed by atoms with van der Waals surface area (Å²) in [6.07, 6.45) is 5.23. The number of carboxylic acids is 1. The summed E-state index contributed by atoms with van der Waals surface area (Å²) in [4.78, 5) is 58.3. The molecule has 0 saturated heterocycles. The van der Waals surface area contributed by atoms with Gasteiger partial charge in [0.1, 0.15) is 18.1 Å². The molecule has 9 N–H and O–H groups in total. The highest BCUT2D eigenvalue weighted by molar-refractivity contribution is 5.94. The fourth-order valence-corrected chi connectivity index (χ4v) is 3.96. The quantitative estimate of drug-likeness (QED) is 0.137. The minimum atomic E-state index is -1.17. The SMILES string of the molecule is CCC(C)C(N)C(=O)NC(Cc1cnc[nH]1)C(=O)NC(Cc1ccccc1)C(=O)NC(CCCCN)C(=O)O. The van der Waals surface area contributed by atoms with Crippen LogP contribution in [-0.2, 0) is 32.0 Å². The van der Waals surface area contributed by atoms with Gasteiger partial charge in [-0.05, 0) is 37.3 Å². The van der Waals surface area contributed by atoms with Gasteiger partial charge in [-0.2, -0.15) is 0 Å². The van der Waals surface area contributed by atoms with Crippen molar-refractivity contribution < 1.29 is 24.3 Å². The Balaban J connectivity index is 2.26. The summed E-state index contributed by atoms with van der Waals surface area (Å²) in [5.74, 6) is -3.02. The summed E-state index contributed by atoms with van der Waals surface area (Å²) in [6.45, 7) is 4.18. The van der Waals surface area contributed by atoms with Gasteiger partial charge < -0.3 is 37.5 Å². The molecule has 1 heterocycles. The van der Waals surface area contributed by atoms with Crippen molar-refractivity contribution in [3.63, 3.8) is 0 Å². The van der Waals surface area contributed by atoms with Crippen molar-refractivity contribution in [2.75, 3.05) is 6.54 Å². The molecule has 12 heteroatoms. The zero-order chi connectivity index (χ0) is 28.8. The van der Waals surface area contributed by atoms with Crippen molar-refractivity contribution in [2.24, 2.45) is 17.4 Å². The Morgan fingerprint density at radius 1 is 0.949 bits per heavy atom.